The van der Waals surface area contributed by atoms with Crippen LogP contribution in [0.15, 0.2) is 24.3 Å². The Morgan fingerprint density at radius 3 is 2.88 bits per heavy atom. The van der Waals surface area contributed by atoms with Gasteiger partial charge in [-0.2, -0.15) is 0 Å². The van der Waals surface area contributed by atoms with Crippen molar-refractivity contribution in [3.05, 3.63) is 39.4 Å². The summed E-state index contributed by atoms with van der Waals surface area (Å²) in [5.74, 6) is 0. The minimum atomic E-state index is -0.436. The van der Waals surface area contributed by atoms with Crippen LogP contribution < -0.4 is 5.73 Å². The Labute approximate surface area is 94.9 Å². The fourth-order valence-electron chi connectivity index (χ4n) is 1.21. The summed E-state index contributed by atoms with van der Waals surface area (Å²) in [6.07, 6.45) is 0. The first-order valence-corrected chi connectivity index (χ1v) is 5.29. The van der Waals surface area contributed by atoms with Crippen molar-refractivity contribution in [2.45, 2.75) is 6.54 Å². The summed E-state index contributed by atoms with van der Waals surface area (Å²) in [6, 6.07) is 6.29. The van der Waals surface area contributed by atoms with Crippen LogP contribution in [0.5, 0.6) is 0 Å². The molecule has 82 valence electrons. The molecule has 0 amide bonds. The summed E-state index contributed by atoms with van der Waals surface area (Å²) in [5.41, 5.74) is 6.15. The zero-order chi connectivity index (χ0) is 11.5. The van der Waals surface area contributed by atoms with E-state index < -0.39 is 4.92 Å². The van der Waals surface area contributed by atoms with Gasteiger partial charge in [0.15, 0.2) is 0 Å². The predicted octanol–water partition coefficient (Wildman–Crippen LogP) is 1.57. The standard InChI is InChI=1S/C9H8N4O2S/c10-5-8-11-12-9(16-8)6-2-1-3-7(4-6)13(14)15/h1-4H,5,10H2. The highest BCUT2D eigenvalue weighted by Crippen LogP contribution is 2.26. The maximum atomic E-state index is 10.6. The van der Waals surface area contributed by atoms with Gasteiger partial charge in [-0.25, -0.2) is 0 Å². The van der Waals surface area contributed by atoms with E-state index in [4.69, 9.17) is 5.73 Å². The molecule has 1 aromatic heterocycles. The molecule has 0 bridgehead atoms. The second kappa shape index (κ2) is 4.33. The smallest absolute Gasteiger partial charge is 0.270 e. The van der Waals surface area contributed by atoms with Gasteiger partial charge in [-0.3, -0.25) is 10.1 Å². The molecule has 0 atom stereocenters. The van der Waals surface area contributed by atoms with Crippen LogP contribution in [0.25, 0.3) is 10.6 Å². The SMILES string of the molecule is NCc1nnc(-c2cccc([N+](=O)[O-])c2)s1. The van der Waals surface area contributed by atoms with Gasteiger partial charge in [0.25, 0.3) is 5.69 Å². The topological polar surface area (TPSA) is 94.9 Å². The summed E-state index contributed by atoms with van der Waals surface area (Å²) >= 11 is 1.34. The van der Waals surface area contributed by atoms with Crippen LogP contribution in [0.1, 0.15) is 5.01 Å². The van der Waals surface area contributed by atoms with E-state index in [0.717, 1.165) is 0 Å². The molecular weight excluding hydrogens is 228 g/mol. The molecule has 6 nitrogen and oxygen atoms in total. The van der Waals surface area contributed by atoms with Crippen molar-refractivity contribution in [3.63, 3.8) is 0 Å². The van der Waals surface area contributed by atoms with Gasteiger partial charge in [-0.15, -0.1) is 10.2 Å². The van der Waals surface area contributed by atoms with Crippen LogP contribution in [0.4, 0.5) is 5.69 Å². The predicted molar refractivity (Wildman–Crippen MR) is 59.9 cm³/mol. The van der Waals surface area contributed by atoms with E-state index in [1.165, 1.54) is 23.5 Å². The summed E-state index contributed by atoms with van der Waals surface area (Å²) in [7, 11) is 0. The highest BCUT2D eigenvalue weighted by molar-refractivity contribution is 7.14. The fraction of sp³-hybridized carbons (Fsp3) is 0.111. The summed E-state index contributed by atoms with van der Waals surface area (Å²) in [4.78, 5) is 10.2. The van der Waals surface area contributed by atoms with Crippen molar-refractivity contribution >= 4 is 17.0 Å². The maximum Gasteiger partial charge on any atom is 0.270 e. The quantitative estimate of drug-likeness (QED) is 0.644. The molecular formula is C9H8N4O2S. The monoisotopic (exact) mass is 236 g/mol. The molecule has 16 heavy (non-hydrogen) atoms. The average Bonchev–Trinajstić information content (AvgIpc) is 2.77. The number of nitrogens with zero attached hydrogens (tertiary/aromatic N) is 3. The minimum Gasteiger partial charge on any atom is -0.324 e. The van der Waals surface area contributed by atoms with E-state index in [0.29, 0.717) is 22.1 Å². The van der Waals surface area contributed by atoms with Gasteiger partial charge in [-0.05, 0) is 0 Å². The Balaban J connectivity index is 2.40. The minimum absolute atomic E-state index is 0.0435. The number of benzene rings is 1. The molecule has 2 rings (SSSR count). The number of nitrogens with two attached hydrogens (primary N) is 1. The summed E-state index contributed by atoms with van der Waals surface area (Å²) < 4.78 is 0. The van der Waals surface area contributed by atoms with Crippen molar-refractivity contribution in [3.8, 4) is 10.6 Å². The zero-order valence-electron chi connectivity index (χ0n) is 8.16. The van der Waals surface area contributed by atoms with E-state index in [1.54, 1.807) is 12.1 Å². The van der Waals surface area contributed by atoms with Crippen molar-refractivity contribution in [1.82, 2.24) is 10.2 Å². The first-order valence-electron chi connectivity index (χ1n) is 4.48. The van der Waals surface area contributed by atoms with Crippen LogP contribution in [0.2, 0.25) is 0 Å². The van der Waals surface area contributed by atoms with Crippen LogP contribution in [0.3, 0.4) is 0 Å². The molecule has 0 spiro atoms. The Bertz CT molecular complexity index is 526. The molecule has 2 N–H and O–H groups in total. The maximum absolute atomic E-state index is 10.6. The Kier molecular flexibility index (Phi) is 2.88. The third-order valence-electron chi connectivity index (χ3n) is 1.95. The van der Waals surface area contributed by atoms with Gasteiger partial charge >= 0.3 is 0 Å². The number of nitro benzene ring substituents is 1. The second-order valence-electron chi connectivity index (χ2n) is 3.01. The number of nitro groups is 1. The molecule has 0 fully saturated rings. The zero-order valence-corrected chi connectivity index (χ0v) is 8.98. The molecule has 0 aliphatic carbocycles. The Morgan fingerprint density at radius 1 is 1.44 bits per heavy atom. The molecule has 0 radical (unpaired) electrons. The van der Waals surface area contributed by atoms with Crippen molar-refractivity contribution < 1.29 is 4.92 Å². The normalized spacial score (nSPS) is 10.3. The lowest BCUT2D eigenvalue weighted by Gasteiger charge is -1.94. The highest BCUT2D eigenvalue weighted by Gasteiger charge is 2.10. The van der Waals surface area contributed by atoms with E-state index in [9.17, 15) is 10.1 Å². The molecule has 2 aromatic rings. The summed E-state index contributed by atoms with van der Waals surface area (Å²) in [6.45, 7) is 0.326. The van der Waals surface area contributed by atoms with Crippen LogP contribution in [-0.2, 0) is 6.54 Å². The molecule has 0 saturated carbocycles. The van der Waals surface area contributed by atoms with Gasteiger partial charge in [0, 0.05) is 24.2 Å². The third kappa shape index (κ3) is 2.05. The van der Waals surface area contributed by atoms with Crippen molar-refractivity contribution in [2.24, 2.45) is 5.73 Å². The Hall–Kier alpha value is -1.86. The number of non-ortho nitro benzene ring substituents is 1. The van der Waals surface area contributed by atoms with Gasteiger partial charge in [0.1, 0.15) is 10.0 Å². The fourth-order valence-corrected chi connectivity index (χ4v) is 1.92. The largest absolute Gasteiger partial charge is 0.324 e. The van der Waals surface area contributed by atoms with Gasteiger partial charge in [0.2, 0.25) is 0 Å². The van der Waals surface area contributed by atoms with Crippen LogP contribution >= 0.6 is 11.3 Å². The van der Waals surface area contributed by atoms with E-state index >= 15 is 0 Å². The van der Waals surface area contributed by atoms with Crippen LogP contribution in [0, 0.1) is 10.1 Å². The molecule has 7 heteroatoms. The van der Waals surface area contributed by atoms with Gasteiger partial charge in [0.05, 0.1) is 4.92 Å². The van der Waals surface area contributed by atoms with E-state index in [2.05, 4.69) is 10.2 Å². The molecule has 0 unspecified atom stereocenters. The van der Waals surface area contributed by atoms with Crippen molar-refractivity contribution in [2.75, 3.05) is 0 Å². The van der Waals surface area contributed by atoms with E-state index in [1.807, 2.05) is 0 Å². The van der Waals surface area contributed by atoms with Crippen LogP contribution in [-0.4, -0.2) is 15.1 Å². The highest BCUT2D eigenvalue weighted by atomic mass is 32.1. The first-order chi connectivity index (χ1) is 7.70. The molecule has 1 aromatic carbocycles. The first kappa shape index (κ1) is 10.7. The molecule has 1 heterocycles. The number of rotatable bonds is 3. The lowest BCUT2D eigenvalue weighted by atomic mass is 10.2. The van der Waals surface area contributed by atoms with Crippen molar-refractivity contribution in [1.29, 1.82) is 0 Å². The number of aromatic nitrogens is 2. The third-order valence-corrected chi connectivity index (χ3v) is 2.94. The second-order valence-corrected chi connectivity index (χ2v) is 4.07. The Morgan fingerprint density at radius 2 is 2.25 bits per heavy atom. The van der Waals surface area contributed by atoms with E-state index in [-0.39, 0.29) is 5.69 Å². The van der Waals surface area contributed by atoms with Gasteiger partial charge < -0.3 is 5.73 Å². The summed E-state index contributed by atoms with van der Waals surface area (Å²) in [5, 5.41) is 19.7. The lowest BCUT2D eigenvalue weighted by molar-refractivity contribution is -0.384. The lowest BCUT2D eigenvalue weighted by Crippen LogP contribution is -1.94. The molecule has 0 saturated heterocycles. The average molecular weight is 236 g/mol. The number of hydrogen-bond acceptors (Lipinski definition) is 6. The number of hydrogen-bond donors (Lipinski definition) is 1. The molecule has 0 aliphatic heterocycles. The van der Waals surface area contributed by atoms with Gasteiger partial charge in [-0.1, -0.05) is 23.5 Å². The molecule has 0 aliphatic rings.